The van der Waals surface area contributed by atoms with Gasteiger partial charge < -0.3 is 5.11 Å². The molecule has 0 aliphatic rings. The van der Waals surface area contributed by atoms with Crippen LogP contribution in [-0.2, 0) is 6.54 Å². The first-order valence-electron chi connectivity index (χ1n) is 5.45. The average molecular weight is 315 g/mol. The fourth-order valence-electron chi connectivity index (χ4n) is 1.61. The first-order valence-corrected chi connectivity index (χ1v) is 6.24. The normalized spacial score (nSPS) is 10.6. The second-order valence-electron chi connectivity index (χ2n) is 3.79. The number of nitrogens with zero attached hydrogens (tertiary/aromatic N) is 2. The van der Waals surface area contributed by atoms with Crippen LogP contribution < -0.4 is 0 Å². The zero-order valence-corrected chi connectivity index (χ0v) is 11.5. The van der Waals surface area contributed by atoms with E-state index in [0.717, 1.165) is 5.56 Å². The van der Waals surface area contributed by atoms with Crippen molar-refractivity contribution >= 4 is 21.6 Å². The lowest BCUT2D eigenvalue weighted by Gasteiger charge is -2.19. The maximum Gasteiger partial charge on any atom is 0.283 e. The Morgan fingerprint density at radius 2 is 2.28 bits per heavy atom. The predicted molar refractivity (Wildman–Crippen MR) is 73.4 cm³/mol. The largest absolute Gasteiger partial charge is 0.395 e. The van der Waals surface area contributed by atoms with E-state index in [1.54, 1.807) is 12.1 Å². The zero-order chi connectivity index (χ0) is 13.5. The molecule has 0 heterocycles. The highest BCUT2D eigenvalue weighted by Crippen LogP contribution is 2.26. The van der Waals surface area contributed by atoms with Crippen LogP contribution in [0.2, 0.25) is 0 Å². The summed E-state index contributed by atoms with van der Waals surface area (Å²) in [6.45, 7) is 5.37. The first kappa shape index (κ1) is 14.8. The van der Waals surface area contributed by atoms with Crippen molar-refractivity contribution < 1.29 is 10.0 Å². The lowest BCUT2D eigenvalue weighted by atomic mass is 10.2. The van der Waals surface area contributed by atoms with Gasteiger partial charge in [-0.1, -0.05) is 12.1 Å². The lowest BCUT2D eigenvalue weighted by Crippen LogP contribution is -2.26. The summed E-state index contributed by atoms with van der Waals surface area (Å²) in [5, 5.41) is 19.8. The van der Waals surface area contributed by atoms with Crippen LogP contribution in [0.5, 0.6) is 0 Å². The highest BCUT2D eigenvalue weighted by atomic mass is 79.9. The SMILES string of the molecule is C=CCN(CCO)Cc1ccc(Br)c([N+](=O)[O-])c1. The minimum atomic E-state index is -0.419. The van der Waals surface area contributed by atoms with Gasteiger partial charge in [-0.2, -0.15) is 0 Å². The van der Waals surface area contributed by atoms with Gasteiger partial charge in [0.1, 0.15) is 0 Å². The van der Waals surface area contributed by atoms with Crippen molar-refractivity contribution in [3.05, 3.63) is 51.0 Å². The molecule has 1 rings (SSSR count). The Hall–Kier alpha value is -1.24. The van der Waals surface area contributed by atoms with Crippen molar-refractivity contribution in [2.24, 2.45) is 0 Å². The van der Waals surface area contributed by atoms with Gasteiger partial charge in [0.05, 0.1) is 16.0 Å². The lowest BCUT2D eigenvalue weighted by molar-refractivity contribution is -0.385. The number of halogens is 1. The summed E-state index contributed by atoms with van der Waals surface area (Å²) in [7, 11) is 0. The molecule has 0 amide bonds. The number of benzene rings is 1. The van der Waals surface area contributed by atoms with Crippen LogP contribution in [0.3, 0.4) is 0 Å². The van der Waals surface area contributed by atoms with Crippen LogP contribution in [0.25, 0.3) is 0 Å². The van der Waals surface area contributed by atoms with E-state index < -0.39 is 4.92 Å². The van der Waals surface area contributed by atoms with E-state index in [9.17, 15) is 10.1 Å². The van der Waals surface area contributed by atoms with Crippen molar-refractivity contribution in [3.63, 3.8) is 0 Å². The Bertz CT molecular complexity index is 437. The summed E-state index contributed by atoms with van der Waals surface area (Å²) in [5.74, 6) is 0. The summed E-state index contributed by atoms with van der Waals surface area (Å²) in [4.78, 5) is 12.4. The Morgan fingerprint density at radius 3 is 2.83 bits per heavy atom. The molecule has 0 saturated heterocycles. The highest BCUT2D eigenvalue weighted by molar-refractivity contribution is 9.10. The molecule has 0 bridgehead atoms. The molecule has 0 aliphatic heterocycles. The Morgan fingerprint density at radius 1 is 1.56 bits per heavy atom. The molecule has 0 spiro atoms. The molecule has 0 fully saturated rings. The molecule has 0 radical (unpaired) electrons. The number of aliphatic hydroxyl groups is 1. The van der Waals surface area contributed by atoms with Crippen LogP contribution in [0.1, 0.15) is 5.56 Å². The molecule has 6 heteroatoms. The molecule has 0 unspecified atom stereocenters. The molecule has 18 heavy (non-hydrogen) atoms. The average Bonchev–Trinajstić information content (AvgIpc) is 2.32. The fraction of sp³-hybridized carbons (Fsp3) is 0.333. The van der Waals surface area contributed by atoms with Gasteiger partial charge in [-0.15, -0.1) is 6.58 Å². The third kappa shape index (κ3) is 4.21. The molecule has 0 saturated carbocycles. The first-order chi connectivity index (χ1) is 8.58. The van der Waals surface area contributed by atoms with Crippen molar-refractivity contribution in [3.8, 4) is 0 Å². The van der Waals surface area contributed by atoms with Crippen molar-refractivity contribution in [1.82, 2.24) is 4.90 Å². The van der Waals surface area contributed by atoms with Gasteiger partial charge >= 0.3 is 0 Å². The standard InChI is InChI=1S/C12H15BrN2O3/c1-2-5-14(6-7-16)9-10-3-4-11(13)12(8-10)15(17)18/h2-4,8,16H,1,5-7,9H2. The van der Waals surface area contributed by atoms with E-state index in [1.807, 2.05) is 11.0 Å². The quantitative estimate of drug-likeness (QED) is 0.476. The number of aliphatic hydroxyl groups excluding tert-OH is 1. The van der Waals surface area contributed by atoms with Crippen LogP contribution in [0.4, 0.5) is 5.69 Å². The van der Waals surface area contributed by atoms with Gasteiger partial charge in [0, 0.05) is 25.7 Å². The van der Waals surface area contributed by atoms with Gasteiger partial charge in [0.15, 0.2) is 0 Å². The monoisotopic (exact) mass is 314 g/mol. The molecule has 1 aromatic rings. The fourth-order valence-corrected chi connectivity index (χ4v) is 2.01. The summed E-state index contributed by atoms with van der Waals surface area (Å²) < 4.78 is 0.466. The molecule has 0 atom stereocenters. The van der Waals surface area contributed by atoms with E-state index in [4.69, 9.17) is 5.11 Å². The Labute approximate surface area is 114 Å². The summed E-state index contributed by atoms with van der Waals surface area (Å²) in [5.41, 5.74) is 0.884. The number of nitro groups is 1. The predicted octanol–water partition coefficient (Wildman–Crippen LogP) is 2.34. The van der Waals surface area contributed by atoms with Gasteiger partial charge in [0.25, 0.3) is 5.69 Å². The van der Waals surface area contributed by atoms with E-state index >= 15 is 0 Å². The number of nitro benzene ring substituents is 1. The summed E-state index contributed by atoms with van der Waals surface area (Å²) >= 11 is 3.15. The maximum atomic E-state index is 10.8. The van der Waals surface area contributed by atoms with E-state index in [-0.39, 0.29) is 12.3 Å². The van der Waals surface area contributed by atoms with Crippen molar-refractivity contribution in [1.29, 1.82) is 0 Å². The molecule has 5 nitrogen and oxygen atoms in total. The van der Waals surface area contributed by atoms with Gasteiger partial charge in [-0.25, -0.2) is 0 Å². The minimum Gasteiger partial charge on any atom is -0.395 e. The van der Waals surface area contributed by atoms with Gasteiger partial charge in [0.2, 0.25) is 0 Å². The highest BCUT2D eigenvalue weighted by Gasteiger charge is 2.13. The molecule has 0 aliphatic carbocycles. The van der Waals surface area contributed by atoms with Crippen LogP contribution in [-0.4, -0.2) is 34.6 Å². The maximum absolute atomic E-state index is 10.8. The number of rotatable bonds is 7. The minimum absolute atomic E-state index is 0.0481. The van der Waals surface area contributed by atoms with E-state index in [2.05, 4.69) is 22.5 Å². The third-order valence-corrected chi connectivity index (χ3v) is 3.09. The molecule has 1 aromatic carbocycles. The molecule has 1 N–H and O–H groups in total. The topological polar surface area (TPSA) is 66.6 Å². The Kier molecular flexibility index (Phi) is 5.97. The van der Waals surface area contributed by atoms with Crippen molar-refractivity contribution in [2.75, 3.05) is 19.7 Å². The van der Waals surface area contributed by atoms with E-state index in [0.29, 0.717) is 24.1 Å². The molecule has 98 valence electrons. The van der Waals surface area contributed by atoms with Crippen LogP contribution in [0, 0.1) is 10.1 Å². The summed E-state index contributed by atoms with van der Waals surface area (Å²) in [6, 6.07) is 5.03. The molecular weight excluding hydrogens is 300 g/mol. The second-order valence-corrected chi connectivity index (χ2v) is 4.64. The smallest absolute Gasteiger partial charge is 0.283 e. The molecular formula is C12H15BrN2O3. The summed E-state index contributed by atoms with van der Waals surface area (Å²) in [6.07, 6.45) is 1.74. The van der Waals surface area contributed by atoms with Gasteiger partial charge in [-0.05, 0) is 27.6 Å². The molecule has 0 aromatic heterocycles. The van der Waals surface area contributed by atoms with Crippen LogP contribution >= 0.6 is 15.9 Å². The van der Waals surface area contributed by atoms with Gasteiger partial charge in [-0.3, -0.25) is 15.0 Å². The zero-order valence-electron chi connectivity index (χ0n) is 9.88. The van der Waals surface area contributed by atoms with Crippen molar-refractivity contribution in [2.45, 2.75) is 6.54 Å². The second kappa shape index (κ2) is 7.25. The van der Waals surface area contributed by atoms with E-state index in [1.165, 1.54) is 6.07 Å². The Balaban J connectivity index is 2.85. The van der Waals surface area contributed by atoms with Crippen LogP contribution in [0.15, 0.2) is 35.3 Å². The number of hydrogen-bond donors (Lipinski definition) is 1. The third-order valence-electron chi connectivity index (χ3n) is 2.42. The number of hydrogen-bond acceptors (Lipinski definition) is 4.